The maximum absolute atomic E-state index is 13.7. The number of anilines is 3. The Morgan fingerprint density at radius 1 is 0.923 bits per heavy atom. The molecule has 2 N–H and O–H groups in total. The molecule has 0 spiro atoms. The average molecular weight is 354 g/mol. The van der Waals surface area contributed by atoms with Crippen molar-refractivity contribution in [2.45, 2.75) is 13.8 Å². The first-order valence-corrected chi connectivity index (χ1v) is 7.87. The van der Waals surface area contributed by atoms with Crippen LogP contribution in [0.2, 0.25) is 0 Å². The molecule has 0 aliphatic rings. The summed E-state index contributed by atoms with van der Waals surface area (Å²) in [7, 11) is 0. The molecule has 0 fully saturated rings. The van der Waals surface area contributed by atoms with Gasteiger partial charge in [0.15, 0.2) is 0 Å². The molecule has 0 aliphatic carbocycles. The minimum atomic E-state index is -0.779. The Bertz CT molecular complexity index is 935. The van der Waals surface area contributed by atoms with Crippen molar-refractivity contribution in [3.8, 4) is 0 Å². The van der Waals surface area contributed by atoms with Crippen LogP contribution >= 0.6 is 0 Å². The van der Waals surface area contributed by atoms with Crippen LogP contribution in [0, 0.1) is 25.5 Å². The van der Waals surface area contributed by atoms with Gasteiger partial charge in [0.05, 0.1) is 0 Å². The number of amides is 1. The molecule has 26 heavy (non-hydrogen) atoms. The Hall–Kier alpha value is -3.35. The average Bonchev–Trinajstić information content (AvgIpc) is 2.62. The van der Waals surface area contributed by atoms with Gasteiger partial charge in [-0.3, -0.25) is 4.79 Å². The van der Waals surface area contributed by atoms with E-state index in [0.29, 0.717) is 5.69 Å². The highest BCUT2D eigenvalue weighted by atomic mass is 19.1. The molecule has 0 saturated carbocycles. The van der Waals surface area contributed by atoms with Gasteiger partial charge in [0.2, 0.25) is 5.95 Å². The lowest BCUT2D eigenvalue weighted by Gasteiger charge is -2.12. The highest BCUT2D eigenvalue weighted by molar-refractivity contribution is 6.03. The standard InChI is InChI=1S/C19H16F2N4O/c1-11-5-3-6-12(2)16(11)24-18(26)15-9-10-22-19(23-15)25-17-13(20)7-4-8-14(17)21/h3-10H,1-2H3,(H,24,26)(H,22,23,25). The first kappa shape index (κ1) is 17.5. The third-order valence-electron chi connectivity index (χ3n) is 3.81. The predicted molar refractivity (Wildman–Crippen MR) is 95.5 cm³/mol. The van der Waals surface area contributed by atoms with E-state index in [4.69, 9.17) is 0 Å². The number of nitrogens with one attached hydrogen (secondary N) is 2. The van der Waals surface area contributed by atoms with Gasteiger partial charge in [0.1, 0.15) is 23.0 Å². The van der Waals surface area contributed by atoms with Crippen LogP contribution in [-0.4, -0.2) is 15.9 Å². The maximum atomic E-state index is 13.7. The minimum absolute atomic E-state index is 0.0712. The van der Waals surface area contributed by atoms with Gasteiger partial charge in [0, 0.05) is 11.9 Å². The fourth-order valence-electron chi connectivity index (χ4n) is 2.46. The Balaban J connectivity index is 1.84. The summed E-state index contributed by atoms with van der Waals surface area (Å²) in [6.07, 6.45) is 1.34. The topological polar surface area (TPSA) is 66.9 Å². The number of nitrogens with zero attached hydrogens (tertiary/aromatic N) is 2. The molecule has 132 valence electrons. The van der Waals surface area contributed by atoms with Crippen molar-refractivity contribution >= 4 is 23.2 Å². The summed E-state index contributed by atoms with van der Waals surface area (Å²) in [6.45, 7) is 3.77. The number of hydrogen-bond donors (Lipinski definition) is 2. The van der Waals surface area contributed by atoms with E-state index in [0.717, 1.165) is 23.3 Å². The molecular formula is C19H16F2N4O. The number of aromatic nitrogens is 2. The molecule has 3 rings (SSSR count). The first-order chi connectivity index (χ1) is 12.5. The van der Waals surface area contributed by atoms with Crippen molar-refractivity contribution in [1.82, 2.24) is 9.97 Å². The van der Waals surface area contributed by atoms with E-state index in [9.17, 15) is 13.6 Å². The molecule has 3 aromatic rings. The summed E-state index contributed by atoms with van der Waals surface area (Å²) in [6, 6.07) is 10.6. The molecule has 0 aliphatic heterocycles. The first-order valence-electron chi connectivity index (χ1n) is 7.87. The van der Waals surface area contributed by atoms with Crippen molar-refractivity contribution in [2.75, 3.05) is 10.6 Å². The largest absolute Gasteiger partial charge is 0.320 e. The summed E-state index contributed by atoms with van der Waals surface area (Å²) in [4.78, 5) is 20.4. The van der Waals surface area contributed by atoms with Crippen LogP contribution in [0.3, 0.4) is 0 Å². The van der Waals surface area contributed by atoms with Crippen molar-refractivity contribution in [1.29, 1.82) is 0 Å². The quantitative estimate of drug-likeness (QED) is 0.730. The molecular weight excluding hydrogens is 338 g/mol. The molecule has 1 heterocycles. The maximum Gasteiger partial charge on any atom is 0.274 e. The van der Waals surface area contributed by atoms with Crippen LogP contribution in [0.4, 0.5) is 26.1 Å². The van der Waals surface area contributed by atoms with Crippen molar-refractivity contribution in [3.63, 3.8) is 0 Å². The van der Waals surface area contributed by atoms with Crippen LogP contribution in [0.25, 0.3) is 0 Å². The Morgan fingerprint density at radius 2 is 1.54 bits per heavy atom. The lowest BCUT2D eigenvalue weighted by Crippen LogP contribution is -2.16. The minimum Gasteiger partial charge on any atom is -0.320 e. The number of carbonyl (C=O) groups is 1. The Kier molecular flexibility index (Phi) is 4.88. The third kappa shape index (κ3) is 3.66. The Labute approximate surface area is 149 Å². The molecule has 1 amide bonds. The van der Waals surface area contributed by atoms with Gasteiger partial charge >= 0.3 is 0 Å². The molecule has 0 saturated heterocycles. The summed E-state index contributed by atoms with van der Waals surface area (Å²) >= 11 is 0. The molecule has 0 atom stereocenters. The second-order valence-electron chi connectivity index (χ2n) is 5.71. The highest BCUT2D eigenvalue weighted by Gasteiger charge is 2.14. The summed E-state index contributed by atoms with van der Waals surface area (Å²) in [5, 5.41) is 5.27. The second kappa shape index (κ2) is 7.26. The van der Waals surface area contributed by atoms with Crippen molar-refractivity contribution in [3.05, 3.63) is 77.1 Å². The fraction of sp³-hybridized carbons (Fsp3) is 0.105. The molecule has 0 unspecified atom stereocenters. The van der Waals surface area contributed by atoms with Gasteiger partial charge in [0.25, 0.3) is 5.91 Å². The van der Waals surface area contributed by atoms with Crippen LogP contribution < -0.4 is 10.6 Å². The summed E-state index contributed by atoms with van der Waals surface area (Å²) in [5.41, 5.74) is 2.23. The van der Waals surface area contributed by atoms with E-state index in [2.05, 4.69) is 20.6 Å². The van der Waals surface area contributed by atoms with Crippen molar-refractivity contribution in [2.24, 2.45) is 0 Å². The van der Waals surface area contributed by atoms with Gasteiger partial charge in [-0.1, -0.05) is 24.3 Å². The van der Waals surface area contributed by atoms with Crippen LogP contribution in [-0.2, 0) is 0 Å². The third-order valence-corrected chi connectivity index (χ3v) is 3.81. The summed E-state index contributed by atoms with van der Waals surface area (Å²) < 4.78 is 27.5. The zero-order valence-corrected chi connectivity index (χ0v) is 14.2. The zero-order chi connectivity index (χ0) is 18.7. The molecule has 1 aromatic heterocycles. The molecule has 0 radical (unpaired) electrons. The SMILES string of the molecule is Cc1cccc(C)c1NC(=O)c1ccnc(Nc2c(F)cccc2F)n1. The van der Waals surface area contributed by atoms with Crippen molar-refractivity contribution < 1.29 is 13.6 Å². The van der Waals surface area contributed by atoms with Gasteiger partial charge < -0.3 is 10.6 Å². The number of hydrogen-bond acceptors (Lipinski definition) is 4. The zero-order valence-electron chi connectivity index (χ0n) is 14.2. The van der Waals surface area contributed by atoms with E-state index in [1.54, 1.807) is 0 Å². The van der Waals surface area contributed by atoms with Crippen LogP contribution in [0.5, 0.6) is 0 Å². The number of rotatable bonds is 4. The Morgan fingerprint density at radius 3 is 2.19 bits per heavy atom. The smallest absolute Gasteiger partial charge is 0.274 e. The van der Waals surface area contributed by atoms with E-state index in [1.807, 2.05) is 32.0 Å². The highest BCUT2D eigenvalue weighted by Crippen LogP contribution is 2.22. The molecule has 5 nitrogen and oxygen atoms in total. The van der Waals surface area contributed by atoms with E-state index < -0.39 is 17.5 Å². The number of halogens is 2. The van der Waals surface area contributed by atoms with E-state index in [1.165, 1.54) is 18.3 Å². The number of aryl methyl sites for hydroxylation is 2. The van der Waals surface area contributed by atoms with E-state index in [-0.39, 0.29) is 17.3 Å². The van der Waals surface area contributed by atoms with Gasteiger partial charge in [-0.15, -0.1) is 0 Å². The molecule has 2 aromatic carbocycles. The lowest BCUT2D eigenvalue weighted by atomic mass is 10.1. The van der Waals surface area contributed by atoms with Crippen LogP contribution in [0.15, 0.2) is 48.7 Å². The normalized spacial score (nSPS) is 10.5. The number of para-hydroxylation sites is 2. The van der Waals surface area contributed by atoms with E-state index >= 15 is 0 Å². The van der Waals surface area contributed by atoms with Gasteiger partial charge in [-0.25, -0.2) is 18.7 Å². The summed E-state index contributed by atoms with van der Waals surface area (Å²) in [5.74, 6) is -2.08. The van der Waals surface area contributed by atoms with Gasteiger partial charge in [-0.2, -0.15) is 0 Å². The lowest BCUT2D eigenvalue weighted by molar-refractivity contribution is 0.102. The number of benzene rings is 2. The predicted octanol–water partition coefficient (Wildman–Crippen LogP) is 4.37. The van der Waals surface area contributed by atoms with Crippen LogP contribution in [0.1, 0.15) is 21.6 Å². The molecule has 7 heteroatoms. The number of carbonyl (C=O) groups excluding carboxylic acids is 1. The second-order valence-corrected chi connectivity index (χ2v) is 5.71. The van der Waals surface area contributed by atoms with Gasteiger partial charge in [-0.05, 0) is 43.2 Å². The monoisotopic (exact) mass is 354 g/mol. The molecule has 0 bridgehead atoms. The fourth-order valence-corrected chi connectivity index (χ4v) is 2.46.